The van der Waals surface area contributed by atoms with Crippen molar-refractivity contribution in [2.24, 2.45) is 0 Å². The summed E-state index contributed by atoms with van der Waals surface area (Å²) in [5.74, 6) is 0.983. The topological polar surface area (TPSA) is 21.3 Å². The molecular formula is C12H18ClNO. The molecule has 1 rings (SSSR count). The summed E-state index contributed by atoms with van der Waals surface area (Å²) in [6.45, 7) is 3.04. The summed E-state index contributed by atoms with van der Waals surface area (Å²) in [5.41, 5.74) is 2.35. The van der Waals surface area contributed by atoms with Gasteiger partial charge in [0.1, 0.15) is 5.75 Å². The minimum atomic E-state index is 0.791. The van der Waals surface area contributed by atoms with Gasteiger partial charge in [-0.05, 0) is 49.7 Å². The van der Waals surface area contributed by atoms with Crippen LogP contribution in [0.3, 0.4) is 0 Å². The Hall–Kier alpha value is -0.730. The van der Waals surface area contributed by atoms with Crippen molar-refractivity contribution in [3.8, 4) is 5.75 Å². The van der Waals surface area contributed by atoms with Crippen LogP contribution in [0.1, 0.15) is 18.1 Å². The average molecular weight is 228 g/mol. The van der Waals surface area contributed by atoms with Crippen LogP contribution in [0.4, 0.5) is 0 Å². The maximum Gasteiger partial charge on any atom is 0.125 e. The third-order valence-electron chi connectivity index (χ3n) is 2.44. The lowest BCUT2D eigenvalue weighted by molar-refractivity contribution is 0.404. The lowest BCUT2D eigenvalue weighted by atomic mass is 10.0. The molecule has 0 amide bonds. The van der Waals surface area contributed by atoms with E-state index in [1.54, 1.807) is 7.11 Å². The van der Waals surface area contributed by atoms with E-state index in [4.69, 9.17) is 16.3 Å². The molecule has 1 N–H and O–H groups in total. The van der Waals surface area contributed by atoms with E-state index >= 15 is 0 Å². The molecule has 0 bridgehead atoms. The van der Waals surface area contributed by atoms with Crippen LogP contribution in [-0.4, -0.2) is 20.7 Å². The molecular weight excluding hydrogens is 210 g/mol. The van der Waals surface area contributed by atoms with E-state index in [9.17, 15) is 0 Å². The zero-order valence-electron chi connectivity index (χ0n) is 9.56. The van der Waals surface area contributed by atoms with E-state index in [2.05, 4.69) is 12.2 Å². The summed E-state index contributed by atoms with van der Waals surface area (Å²) < 4.78 is 5.43. The molecule has 0 unspecified atom stereocenters. The number of hydrogen-bond donors (Lipinski definition) is 1. The molecule has 15 heavy (non-hydrogen) atoms. The molecule has 0 saturated heterocycles. The van der Waals surface area contributed by atoms with Crippen LogP contribution in [-0.2, 0) is 12.8 Å². The zero-order valence-corrected chi connectivity index (χ0v) is 10.3. The highest BCUT2D eigenvalue weighted by molar-refractivity contribution is 6.30. The van der Waals surface area contributed by atoms with E-state index in [0.29, 0.717) is 0 Å². The number of hydrogen-bond acceptors (Lipinski definition) is 2. The Morgan fingerprint density at radius 1 is 1.33 bits per heavy atom. The van der Waals surface area contributed by atoms with Crippen molar-refractivity contribution in [2.75, 3.05) is 20.7 Å². The van der Waals surface area contributed by atoms with Gasteiger partial charge in [-0.15, -0.1) is 0 Å². The Kier molecular flexibility index (Phi) is 4.92. The molecule has 0 heterocycles. The van der Waals surface area contributed by atoms with Crippen LogP contribution in [0, 0.1) is 0 Å². The normalized spacial score (nSPS) is 10.4. The Bertz CT molecular complexity index is 326. The minimum Gasteiger partial charge on any atom is -0.496 e. The summed E-state index contributed by atoms with van der Waals surface area (Å²) in [5, 5.41) is 3.92. The summed E-state index contributed by atoms with van der Waals surface area (Å²) in [4.78, 5) is 0. The fourth-order valence-electron chi connectivity index (χ4n) is 1.68. The van der Waals surface area contributed by atoms with Crippen LogP contribution in [0.15, 0.2) is 12.1 Å². The fraction of sp³-hybridized carbons (Fsp3) is 0.500. The molecule has 3 heteroatoms. The SMILES string of the molecule is CCc1cc(Cl)cc(CCNC)c1OC. The number of methoxy groups -OCH3 is 1. The number of likely N-dealkylation sites (N-methyl/N-ethyl adjacent to an activating group) is 1. The first-order chi connectivity index (χ1) is 7.22. The van der Waals surface area contributed by atoms with Gasteiger partial charge < -0.3 is 10.1 Å². The number of nitrogens with one attached hydrogen (secondary N) is 1. The van der Waals surface area contributed by atoms with Gasteiger partial charge in [-0.2, -0.15) is 0 Å². The lowest BCUT2D eigenvalue weighted by Gasteiger charge is -2.13. The number of aryl methyl sites for hydroxylation is 1. The number of rotatable bonds is 5. The highest BCUT2D eigenvalue weighted by atomic mass is 35.5. The first-order valence-corrected chi connectivity index (χ1v) is 5.60. The van der Waals surface area contributed by atoms with Crippen molar-refractivity contribution in [3.63, 3.8) is 0 Å². The minimum absolute atomic E-state index is 0.791. The predicted octanol–water partition coefficient (Wildman–Crippen LogP) is 2.67. The van der Waals surface area contributed by atoms with Crippen molar-refractivity contribution in [1.82, 2.24) is 5.32 Å². The molecule has 0 aliphatic carbocycles. The van der Waals surface area contributed by atoms with Crippen molar-refractivity contribution in [3.05, 3.63) is 28.3 Å². The molecule has 0 aliphatic heterocycles. The standard InChI is InChI=1S/C12H18ClNO/c1-4-9-7-11(13)8-10(5-6-14-2)12(9)15-3/h7-8,14H,4-6H2,1-3H3. The third-order valence-corrected chi connectivity index (χ3v) is 2.66. The van der Waals surface area contributed by atoms with Crippen molar-refractivity contribution in [2.45, 2.75) is 19.8 Å². The van der Waals surface area contributed by atoms with Crippen LogP contribution < -0.4 is 10.1 Å². The second kappa shape index (κ2) is 5.99. The molecule has 0 aromatic heterocycles. The Morgan fingerprint density at radius 3 is 2.53 bits per heavy atom. The number of benzene rings is 1. The third kappa shape index (κ3) is 3.11. The molecule has 0 fully saturated rings. The average Bonchev–Trinajstić information content (AvgIpc) is 2.25. The van der Waals surface area contributed by atoms with Crippen molar-refractivity contribution >= 4 is 11.6 Å². The van der Waals surface area contributed by atoms with Gasteiger partial charge in [0.05, 0.1) is 7.11 Å². The molecule has 1 aromatic carbocycles. The molecule has 0 aliphatic rings. The zero-order chi connectivity index (χ0) is 11.3. The van der Waals surface area contributed by atoms with Crippen molar-refractivity contribution < 1.29 is 4.74 Å². The van der Waals surface area contributed by atoms with Crippen LogP contribution in [0.5, 0.6) is 5.75 Å². The molecule has 0 spiro atoms. The second-order valence-electron chi connectivity index (χ2n) is 3.46. The summed E-state index contributed by atoms with van der Waals surface area (Å²) in [7, 11) is 3.66. The van der Waals surface area contributed by atoms with E-state index in [-0.39, 0.29) is 0 Å². The van der Waals surface area contributed by atoms with E-state index in [1.807, 2.05) is 19.2 Å². The monoisotopic (exact) mass is 227 g/mol. The Balaban J connectivity index is 3.05. The van der Waals surface area contributed by atoms with Gasteiger partial charge in [-0.3, -0.25) is 0 Å². The highest BCUT2D eigenvalue weighted by Gasteiger charge is 2.09. The van der Waals surface area contributed by atoms with Gasteiger partial charge in [0.2, 0.25) is 0 Å². The highest BCUT2D eigenvalue weighted by Crippen LogP contribution is 2.28. The van der Waals surface area contributed by atoms with Gasteiger partial charge in [-0.1, -0.05) is 18.5 Å². The van der Waals surface area contributed by atoms with Gasteiger partial charge >= 0.3 is 0 Å². The van der Waals surface area contributed by atoms with E-state index in [0.717, 1.165) is 30.2 Å². The molecule has 84 valence electrons. The molecule has 1 aromatic rings. The predicted molar refractivity (Wildman–Crippen MR) is 65.0 cm³/mol. The number of ether oxygens (including phenoxy) is 1. The van der Waals surface area contributed by atoms with E-state index < -0.39 is 0 Å². The second-order valence-corrected chi connectivity index (χ2v) is 3.90. The van der Waals surface area contributed by atoms with Crippen LogP contribution in [0.2, 0.25) is 5.02 Å². The van der Waals surface area contributed by atoms with Crippen LogP contribution in [0.25, 0.3) is 0 Å². The van der Waals surface area contributed by atoms with Gasteiger partial charge in [0.15, 0.2) is 0 Å². The first kappa shape index (κ1) is 12.3. The molecule has 0 radical (unpaired) electrons. The Labute approximate surface area is 96.6 Å². The van der Waals surface area contributed by atoms with Crippen LogP contribution >= 0.6 is 11.6 Å². The lowest BCUT2D eigenvalue weighted by Crippen LogP contribution is -2.11. The van der Waals surface area contributed by atoms with Crippen molar-refractivity contribution in [1.29, 1.82) is 0 Å². The first-order valence-electron chi connectivity index (χ1n) is 5.22. The maximum atomic E-state index is 6.06. The van der Waals surface area contributed by atoms with Gasteiger partial charge in [-0.25, -0.2) is 0 Å². The smallest absolute Gasteiger partial charge is 0.125 e. The summed E-state index contributed by atoms with van der Waals surface area (Å²) >= 11 is 6.06. The summed E-state index contributed by atoms with van der Waals surface area (Å²) in [6.07, 6.45) is 1.88. The maximum absolute atomic E-state index is 6.06. The molecule has 0 atom stereocenters. The van der Waals surface area contributed by atoms with E-state index in [1.165, 1.54) is 11.1 Å². The fourth-order valence-corrected chi connectivity index (χ4v) is 1.95. The number of halogens is 1. The molecule has 0 saturated carbocycles. The largest absolute Gasteiger partial charge is 0.496 e. The quantitative estimate of drug-likeness (QED) is 0.835. The van der Waals surface area contributed by atoms with Gasteiger partial charge in [0, 0.05) is 5.02 Å². The van der Waals surface area contributed by atoms with Gasteiger partial charge in [0.25, 0.3) is 0 Å². The Morgan fingerprint density at radius 2 is 2.00 bits per heavy atom. The molecule has 2 nitrogen and oxygen atoms in total. The summed E-state index contributed by atoms with van der Waals surface area (Å²) in [6, 6.07) is 3.96.